The number of rotatable bonds is 6. The molecule has 0 saturated carbocycles. The molecule has 3 N–H and O–H groups in total. The van der Waals surface area contributed by atoms with E-state index in [1.807, 2.05) is 54.6 Å². The summed E-state index contributed by atoms with van der Waals surface area (Å²) in [6, 6.07) is 24.3. The molecule has 3 aromatic carbocycles. The van der Waals surface area contributed by atoms with Gasteiger partial charge in [0, 0.05) is 11.6 Å². The zero-order valence-corrected chi connectivity index (χ0v) is 17.3. The SMILES string of the molecule is C[C@](O)(CNC(=O)C(=O)NCc1ccc(Cl)cc1)c1ccc(-c2ccccc2)cc1. The van der Waals surface area contributed by atoms with E-state index >= 15 is 0 Å². The first-order valence-corrected chi connectivity index (χ1v) is 9.92. The molecule has 0 aliphatic carbocycles. The van der Waals surface area contributed by atoms with Crippen LogP contribution in [-0.2, 0) is 21.7 Å². The van der Waals surface area contributed by atoms with Crippen molar-refractivity contribution >= 4 is 23.4 Å². The summed E-state index contributed by atoms with van der Waals surface area (Å²) in [5, 5.41) is 16.4. The van der Waals surface area contributed by atoms with Crippen molar-refractivity contribution < 1.29 is 14.7 Å². The number of aliphatic hydroxyl groups is 1. The van der Waals surface area contributed by atoms with E-state index in [0.29, 0.717) is 10.6 Å². The molecule has 0 aliphatic rings. The van der Waals surface area contributed by atoms with Crippen LogP contribution in [0, 0.1) is 0 Å². The highest BCUT2D eigenvalue weighted by Crippen LogP contribution is 2.24. The highest BCUT2D eigenvalue weighted by Gasteiger charge is 2.25. The molecule has 6 heteroatoms. The maximum Gasteiger partial charge on any atom is 0.309 e. The van der Waals surface area contributed by atoms with Gasteiger partial charge in [0.15, 0.2) is 0 Å². The van der Waals surface area contributed by atoms with Crippen LogP contribution in [0.2, 0.25) is 5.02 Å². The maximum absolute atomic E-state index is 12.1. The molecule has 154 valence electrons. The van der Waals surface area contributed by atoms with Crippen molar-refractivity contribution in [3.8, 4) is 11.1 Å². The average Bonchev–Trinajstić information content (AvgIpc) is 2.77. The van der Waals surface area contributed by atoms with E-state index in [2.05, 4.69) is 10.6 Å². The summed E-state index contributed by atoms with van der Waals surface area (Å²) in [6.07, 6.45) is 0. The van der Waals surface area contributed by atoms with Crippen molar-refractivity contribution in [3.05, 3.63) is 95.0 Å². The fourth-order valence-corrected chi connectivity index (χ4v) is 3.08. The molecule has 0 aromatic heterocycles. The van der Waals surface area contributed by atoms with Crippen LogP contribution >= 0.6 is 11.6 Å². The molecule has 0 saturated heterocycles. The number of benzene rings is 3. The third-order valence-corrected chi connectivity index (χ3v) is 5.03. The molecule has 0 aliphatic heterocycles. The first-order chi connectivity index (χ1) is 14.3. The van der Waals surface area contributed by atoms with Gasteiger partial charge in [0.25, 0.3) is 0 Å². The molecule has 0 fully saturated rings. The van der Waals surface area contributed by atoms with Crippen LogP contribution in [0.1, 0.15) is 18.1 Å². The Balaban J connectivity index is 1.53. The van der Waals surface area contributed by atoms with Gasteiger partial charge in [-0.1, -0.05) is 78.3 Å². The monoisotopic (exact) mass is 422 g/mol. The Labute approximate surface area is 180 Å². The van der Waals surface area contributed by atoms with E-state index in [9.17, 15) is 14.7 Å². The molecular formula is C24H23ClN2O3. The van der Waals surface area contributed by atoms with Crippen molar-refractivity contribution in [2.75, 3.05) is 6.54 Å². The topological polar surface area (TPSA) is 78.4 Å². The summed E-state index contributed by atoms with van der Waals surface area (Å²) in [5.74, 6) is -1.56. The van der Waals surface area contributed by atoms with Gasteiger partial charge in [-0.2, -0.15) is 0 Å². The van der Waals surface area contributed by atoms with E-state index in [0.717, 1.165) is 16.7 Å². The van der Waals surface area contributed by atoms with E-state index in [-0.39, 0.29) is 13.1 Å². The molecule has 0 radical (unpaired) electrons. The van der Waals surface area contributed by atoms with Gasteiger partial charge in [0.05, 0.1) is 6.54 Å². The molecule has 1 atom stereocenters. The first-order valence-electron chi connectivity index (χ1n) is 9.54. The molecule has 0 unspecified atom stereocenters. The van der Waals surface area contributed by atoms with Crippen LogP contribution in [0.3, 0.4) is 0 Å². The zero-order chi connectivity index (χ0) is 21.6. The maximum atomic E-state index is 12.1. The van der Waals surface area contributed by atoms with E-state index < -0.39 is 17.4 Å². The minimum Gasteiger partial charge on any atom is -0.384 e. The van der Waals surface area contributed by atoms with Crippen LogP contribution in [0.25, 0.3) is 11.1 Å². The third-order valence-electron chi connectivity index (χ3n) is 4.78. The van der Waals surface area contributed by atoms with Gasteiger partial charge in [-0.3, -0.25) is 9.59 Å². The summed E-state index contributed by atoms with van der Waals surface area (Å²) in [7, 11) is 0. The molecule has 0 heterocycles. The number of hydrogen-bond acceptors (Lipinski definition) is 3. The van der Waals surface area contributed by atoms with Crippen LogP contribution < -0.4 is 10.6 Å². The number of halogens is 1. The normalized spacial score (nSPS) is 12.6. The summed E-state index contributed by atoms with van der Waals surface area (Å²) in [4.78, 5) is 24.1. The Bertz CT molecular complexity index is 1000. The number of amides is 2. The zero-order valence-electron chi connectivity index (χ0n) is 16.6. The Morgan fingerprint density at radius 1 is 0.833 bits per heavy atom. The van der Waals surface area contributed by atoms with Gasteiger partial charge in [0.1, 0.15) is 5.60 Å². The predicted octanol–water partition coefficient (Wildman–Crippen LogP) is 3.65. The summed E-state index contributed by atoms with van der Waals surface area (Å²) in [6.45, 7) is 1.71. The fraction of sp³-hybridized carbons (Fsp3) is 0.167. The first kappa shape index (κ1) is 21.6. The van der Waals surface area contributed by atoms with E-state index in [1.165, 1.54) is 0 Å². The number of hydrogen-bond donors (Lipinski definition) is 3. The smallest absolute Gasteiger partial charge is 0.309 e. The highest BCUT2D eigenvalue weighted by atomic mass is 35.5. The number of carbonyl (C=O) groups excluding carboxylic acids is 2. The Morgan fingerprint density at radius 3 is 2.03 bits per heavy atom. The summed E-state index contributed by atoms with van der Waals surface area (Å²) in [5.41, 5.74) is 2.26. The predicted molar refractivity (Wildman–Crippen MR) is 118 cm³/mol. The van der Waals surface area contributed by atoms with Gasteiger partial charge >= 0.3 is 11.8 Å². The second-order valence-corrected chi connectivity index (χ2v) is 7.65. The average molecular weight is 423 g/mol. The highest BCUT2D eigenvalue weighted by molar-refractivity contribution is 6.35. The number of carbonyl (C=O) groups is 2. The second kappa shape index (κ2) is 9.57. The molecular weight excluding hydrogens is 400 g/mol. The van der Waals surface area contributed by atoms with Crippen LogP contribution in [-0.4, -0.2) is 23.5 Å². The lowest BCUT2D eigenvalue weighted by Crippen LogP contribution is -2.45. The Morgan fingerprint density at radius 2 is 1.40 bits per heavy atom. The van der Waals surface area contributed by atoms with E-state index in [4.69, 9.17) is 11.6 Å². The number of nitrogens with one attached hydrogen (secondary N) is 2. The van der Waals surface area contributed by atoms with Gasteiger partial charge < -0.3 is 15.7 Å². The van der Waals surface area contributed by atoms with Gasteiger partial charge in [0.2, 0.25) is 0 Å². The van der Waals surface area contributed by atoms with Crippen molar-refractivity contribution in [2.45, 2.75) is 19.1 Å². The molecule has 0 spiro atoms. The minimum atomic E-state index is -1.32. The van der Waals surface area contributed by atoms with Crippen LogP contribution in [0.15, 0.2) is 78.9 Å². The lowest BCUT2D eigenvalue weighted by molar-refractivity contribution is -0.139. The molecule has 3 rings (SSSR count). The second-order valence-electron chi connectivity index (χ2n) is 7.21. The van der Waals surface area contributed by atoms with Gasteiger partial charge in [-0.25, -0.2) is 0 Å². The molecule has 0 bridgehead atoms. The van der Waals surface area contributed by atoms with E-state index in [1.54, 1.807) is 31.2 Å². The third kappa shape index (κ3) is 5.69. The lowest BCUT2D eigenvalue weighted by Gasteiger charge is -2.24. The molecule has 30 heavy (non-hydrogen) atoms. The summed E-state index contributed by atoms with van der Waals surface area (Å²) >= 11 is 5.82. The van der Waals surface area contributed by atoms with Crippen molar-refractivity contribution in [3.63, 3.8) is 0 Å². The van der Waals surface area contributed by atoms with Crippen molar-refractivity contribution in [1.82, 2.24) is 10.6 Å². The van der Waals surface area contributed by atoms with Crippen LogP contribution in [0.5, 0.6) is 0 Å². The van der Waals surface area contributed by atoms with Crippen molar-refractivity contribution in [1.29, 1.82) is 0 Å². The molecule has 5 nitrogen and oxygen atoms in total. The summed E-state index contributed by atoms with van der Waals surface area (Å²) < 4.78 is 0. The van der Waals surface area contributed by atoms with Crippen LogP contribution in [0.4, 0.5) is 0 Å². The lowest BCUT2D eigenvalue weighted by atomic mass is 9.93. The Hall–Kier alpha value is -3.15. The molecule has 2 amide bonds. The largest absolute Gasteiger partial charge is 0.384 e. The fourth-order valence-electron chi connectivity index (χ4n) is 2.95. The Kier molecular flexibility index (Phi) is 6.87. The molecule has 3 aromatic rings. The van der Waals surface area contributed by atoms with Crippen molar-refractivity contribution in [2.24, 2.45) is 0 Å². The van der Waals surface area contributed by atoms with Gasteiger partial charge in [-0.05, 0) is 41.3 Å². The minimum absolute atomic E-state index is 0.0924. The van der Waals surface area contributed by atoms with Gasteiger partial charge in [-0.15, -0.1) is 0 Å². The standard InChI is InChI=1S/C24H23ClN2O3/c1-24(30,20-11-9-19(10-12-20)18-5-3-2-4-6-18)16-27-23(29)22(28)26-15-17-7-13-21(25)14-8-17/h2-14,30H,15-16H2,1H3,(H,26,28)(H,27,29)/t24-/m0/s1. The quantitative estimate of drug-likeness (QED) is 0.530.